The normalized spacial score (nSPS) is 10.4. The summed E-state index contributed by atoms with van der Waals surface area (Å²) in [6.07, 6.45) is 3.10. The van der Waals surface area contributed by atoms with Gasteiger partial charge in [-0.15, -0.1) is 11.3 Å². The molecule has 0 aliphatic heterocycles. The van der Waals surface area contributed by atoms with Crippen molar-refractivity contribution in [3.8, 4) is 0 Å². The number of hydrogen-bond donors (Lipinski definition) is 0. The Morgan fingerprint density at radius 2 is 2.38 bits per heavy atom. The quantitative estimate of drug-likeness (QED) is 0.593. The van der Waals surface area contributed by atoms with Crippen LogP contribution in [-0.4, -0.2) is 29.0 Å². The summed E-state index contributed by atoms with van der Waals surface area (Å²) in [6.45, 7) is 1.66. The summed E-state index contributed by atoms with van der Waals surface area (Å²) in [6, 6.07) is 0. The van der Waals surface area contributed by atoms with Crippen LogP contribution >= 0.6 is 11.3 Å². The van der Waals surface area contributed by atoms with Gasteiger partial charge in [-0.05, 0) is 6.08 Å². The molecule has 0 aromatic carbocycles. The van der Waals surface area contributed by atoms with Crippen LogP contribution in [0.2, 0.25) is 0 Å². The molecule has 0 bridgehead atoms. The average Bonchev–Trinajstić information content (AvgIpc) is 2.78. The van der Waals surface area contributed by atoms with E-state index in [1.54, 1.807) is 18.5 Å². The van der Waals surface area contributed by atoms with Gasteiger partial charge in [-0.3, -0.25) is 4.79 Å². The predicted molar refractivity (Wildman–Crippen MR) is 60.3 cm³/mol. The summed E-state index contributed by atoms with van der Waals surface area (Å²) < 4.78 is 0. The van der Waals surface area contributed by atoms with E-state index in [4.69, 9.17) is 4.84 Å². The minimum absolute atomic E-state index is 0.230. The van der Waals surface area contributed by atoms with Gasteiger partial charge in [0, 0.05) is 24.9 Å². The van der Waals surface area contributed by atoms with Crippen LogP contribution in [-0.2, 0) is 14.4 Å². The molecule has 0 saturated carbocycles. The van der Waals surface area contributed by atoms with Gasteiger partial charge in [0.15, 0.2) is 0 Å². The maximum atomic E-state index is 11.4. The summed E-state index contributed by atoms with van der Waals surface area (Å²) >= 11 is 1.44. The largest absolute Gasteiger partial charge is 0.338 e. The summed E-state index contributed by atoms with van der Waals surface area (Å²) in [5.41, 5.74) is 2.37. The monoisotopic (exact) mass is 240 g/mol. The van der Waals surface area contributed by atoms with Crippen molar-refractivity contribution in [3.05, 3.63) is 22.7 Å². The van der Waals surface area contributed by atoms with Crippen molar-refractivity contribution in [2.45, 2.75) is 13.3 Å². The van der Waals surface area contributed by atoms with E-state index in [-0.39, 0.29) is 6.42 Å². The van der Waals surface area contributed by atoms with Crippen LogP contribution in [0.1, 0.15) is 19.0 Å². The standard InChI is InChI=1S/C10H12N2O3S/c1-3-10(14)15-12(2)9(13)5-4-8-6-16-7-11-8/h4-7H,3H2,1-2H3. The maximum absolute atomic E-state index is 11.4. The summed E-state index contributed by atoms with van der Waals surface area (Å²) in [5, 5.41) is 2.70. The predicted octanol–water partition coefficient (Wildman–Crippen LogP) is 1.48. The fraction of sp³-hybridized carbons (Fsp3) is 0.300. The lowest BCUT2D eigenvalue weighted by atomic mass is 10.4. The Morgan fingerprint density at radius 3 is 2.94 bits per heavy atom. The van der Waals surface area contributed by atoms with Gasteiger partial charge in [-0.25, -0.2) is 9.78 Å². The fourth-order valence-corrected chi connectivity index (χ4v) is 1.35. The van der Waals surface area contributed by atoms with Gasteiger partial charge in [0.2, 0.25) is 0 Å². The molecular weight excluding hydrogens is 228 g/mol. The molecule has 1 amide bonds. The molecule has 0 spiro atoms. The lowest BCUT2D eigenvalue weighted by Crippen LogP contribution is -2.27. The third kappa shape index (κ3) is 3.82. The molecule has 0 atom stereocenters. The third-order valence-corrected chi connectivity index (χ3v) is 2.29. The molecule has 1 rings (SSSR count). The third-order valence-electron chi connectivity index (χ3n) is 1.69. The lowest BCUT2D eigenvalue weighted by Gasteiger charge is -2.13. The zero-order chi connectivity index (χ0) is 12.0. The van der Waals surface area contributed by atoms with Gasteiger partial charge in [-0.2, -0.15) is 5.06 Å². The smallest absolute Gasteiger partial charge is 0.332 e. The summed E-state index contributed by atoms with van der Waals surface area (Å²) in [7, 11) is 1.39. The first-order valence-corrected chi connectivity index (χ1v) is 5.62. The maximum Gasteiger partial charge on any atom is 0.332 e. The lowest BCUT2D eigenvalue weighted by molar-refractivity contribution is -0.189. The Kier molecular flexibility index (Phi) is 4.65. The van der Waals surface area contributed by atoms with Crippen molar-refractivity contribution >= 4 is 29.3 Å². The molecule has 6 heteroatoms. The number of amides is 1. The molecule has 0 aliphatic carbocycles. The Hall–Kier alpha value is -1.69. The van der Waals surface area contributed by atoms with Crippen LogP contribution in [0.3, 0.4) is 0 Å². The van der Waals surface area contributed by atoms with Crippen LogP contribution in [0.25, 0.3) is 6.08 Å². The van der Waals surface area contributed by atoms with E-state index in [0.717, 1.165) is 5.06 Å². The molecule has 16 heavy (non-hydrogen) atoms. The van der Waals surface area contributed by atoms with E-state index in [1.807, 2.05) is 5.38 Å². The Morgan fingerprint density at radius 1 is 1.62 bits per heavy atom. The molecule has 0 fully saturated rings. The number of aromatic nitrogens is 1. The van der Waals surface area contributed by atoms with Crippen molar-refractivity contribution in [1.82, 2.24) is 10.0 Å². The summed E-state index contributed by atoms with van der Waals surface area (Å²) in [5.74, 6) is -0.854. The zero-order valence-corrected chi connectivity index (χ0v) is 9.86. The minimum atomic E-state index is -0.446. The van der Waals surface area contributed by atoms with Crippen molar-refractivity contribution in [2.75, 3.05) is 7.05 Å². The topological polar surface area (TPSA) is 59.5 Å². The first-order valence-electron chi connectivity index (χ1n) is 4.68. The second kappa shape index (κ2) is 6.02. The highest BCUT2D eigenvalue weighted by atomic mass is 32.1. The van der Waals surface area contributed by atoms with E-state index in [1.165, 1.54) is 24.5 Å². The first kappa shape index (κ1) is 12.4. The average molecular weight is 240 g/mol. The zero-order valence-electron chi connectivity index (χ0n) is 9.04. The van der Waals surface area contributed by atoms with Gasteiger partial charge >= 0.3 is 5.97 Å². The molecule has 0 radical (unpaired) electrons. The van der Waals surface area contributed by atoms with E-state index in [9.17, 15) is 9.59 Å². The highest BCUT2D eigenvalue weighted by molar-refractivity contribution is 7.07. The highest BCUT2D eigenvalue weighted by Crippen LogP contribution is 2.03. The number of nitrogens with zero attached hydrogens (tertiary/aromatic N) is 2. The Balaban J connectivity index is 2.49. The van der Waals surface area contributed by atoms with E-state index in [0.29, 0.717) is 5.69 Å². The van der Waals surface area contributed by atoms with E-state index < -0.39 is 11.9 Å². The van der Waals surface area contributed by atoms with Crippen LogP contribution in [0.15, 0.2) is 17.0 Å². The van der Waals surface area contributed by atoms with Gasteiger partial charge < -0.3 is 4.84 Å². The number of carbonyl (C=O) groups is 2. The molecular formula is C10H12N2O3S. The molecule has 5 nitrogen and oxygen atoms in total. The molecule has 0 saturated heterocycles. The number of thiazole rings is 1. The van der Waals surface area contributed by atoms with Gasteiger partial charge in [-0.1, -0.05) is 6.92 Å². The number of carbonyl (C=O) groups excluding carboxylic acids is 2. The number of hydrogen-bond acceptors (Lipinski definition) is 5. The molecule has 1 aromatic heterocycles. The van der Waals surface area contributed by atoms with Crippen LogP contribution < -0.4 is 0 Å². The van der Waals surface area contributed by atoms with Crippen molar-refractivity contribution in [2.24, 2.45) is 0 Å². The second-order valence-electron chi connectivity index (χ2n) is 2.90. The SMILES string of the molecule is CCC(=O)ON(C)C(=O)C=Cc1cscn1. The van der Waals surface area contributed by atoms with Gasteiger partial charge in [0.1, 0.15) is 0 Å². The van der Waals surface area contributed by atoms with Crippen LogP contribution in [0.5, 0.6) is 0 Å². The fourth-order valence-electron chi connectivity index (χ4n) is 0.828. The van der Waals surface area contributed by atoms with Crippen molar-refractivity contribution < 1.29 is 14.4 Å². The highest BCUT2D eigenvalue weighted by Gasteiger charge is 2.09. The summed E-state index contributed by atoms with van der Waals surface area (Å²) in [4.78, 5) is 31.0. The number of rotatable bonds is 3. The molecule has 1 heterocycles. The molecule has 0 unspecified atom stereocenters. The van der Waals surface area contributed by atoms with E-state index >= 15 is 0 Å². The minimum Gasteiger partial charge on any atom is -0.338 e. The number of hydroxylamine groups is 2. The van der Waals surface area contributed by atoms with Crippen molar-refractivity contribution in [3.63, 3.8) is 0 Å². The van der Waals surface area contributed by atoms with Crippen LogP contribution in [0, 0.1) is 0 Å². The molecule has 1 aromatic rings. The first-order chi connectivity index (χ1) is 7.63. The second-order valence-corrected chi connectivity index (χ2v) is 3.62. The van der Waals surface area contributed by atoms with Crippen molar-refractivity contribution in [1.29, 1.82) is 0 Å². The Bertz CT molecular complexity index is 387. The Labute approximate surface area is 97.3 Å². The molecule has 0 N–H and O–H groups in total. The van der Waals surface area contributed by atoms with Gasteiger partial charge in [0.25, 0.3) is 5.91 Å². The van der Waals surface area contributed by atoms with Gasteiger partial charge in [0.05, 0.1) is 11.2 Å². The molecule has 86 valence electrons. The number of likely N-dealkylation sites (N-methyl/N-ethyl adjacent to an activating group) is 1. The molecule has 0 aliphatic rings. The van der Waals surface area contributed by atoms with E-state index in [2.05, 4.69) is 4.98 Å². The van der Waals surface area contributed by atoms with Crippen LogP contribution in [0.4, 0.5) is 0 Å².